The van der Waals surface area contributed by atoms with Crippen molar-refractivity contribution in [2.24, 2.45) is 0 Å². The van der Waals surface area contributed by atoms with Crippen molar-refractivity contribution in [1.29, 1.82) is 0 Å². The fourth-order valence-corrected chi connectivity index (χ4v) is 1.87. The maximum atomic E-state index is 12.0. The molecular weight excluding hydrogens is 252 g/mol. The fourth-order valence-electron chi connectivity index (χ4n) is 1.87. The van der Waals surface area contributed by atoms with Gasteiger partial charge in [0, 0.05) is 25.5 Å². The van der Waals surface area contributed by atoms with E-state index in [-0.39, 0.29) is 18.1 Å². The molecule has 0 aliphatic carbocycles. The lowest BCUT2D eigenvalue weighted by atomic mass is 10.1. The number of hydrogen-bond donors (Lipinski definition) is 2. The highest BCUT2D eigenvalue weighted by molar-refractivity contribution is 5.92. The first kappa shape index (κ1) is 13.9. The summed E-state index contributed by atoms with van der Waals surface area (Å²) in [6.45, 7) is 0. The Balaban J connectivity index is 2.01. The van der Waals surface area contributed by atoms with Crippen LogP contribution in [0.25, 0.3) is 0 Å². The average molecular weight is 270 g/mol. The van der Waals surface area contributed by atoms with Gasteiger partial charge in [-0.3, -0.25) is 4.79 Å². The lowest BCUT2D eigenvalue weighted by Gasteiger charge is -2.14. The molecule has 0 atom stereocenters. The van der Waals surface area contributed by atoms with Crippen molar-refractivity contribution >= 4 is 17.3 Å². The molecule has 0 aliphatic rings. The van der Waals surface area contributed by atoms with Gasteiger partial charge in [0.25, 0.3) is 0 Å². The molecule has 104 valence electrons. The number of nitrogens with zero attached hydrogens (tertiary/aromatic N) is 1. The smallest absolute Gasteiger partial charge is 0.228 e. The van der Waals surface area contributed by atoms with E-state index < -0.39 is 0 Å². The molecule has 0 aromatic heterocycles. The van der Waals surface area contributed by atoms with E-state index in [0.29, 0.717) is 0 Å². The van der Waals surface area contributed by atoms with Crippen molar-refractivity contribution < 1.29 is 9.90 Å². The molecule has 0 saturated carbocycles. The Bertz CT molecular complexity index is 592. The zero-order valence-electron chi connectivity index (χ0n) is 11.6. The highest BCUT2D eigenvalue weighted by Gasteiger charge is 2.05. The number of hydrogen-bond acceptors (Lipinski definition) is 3. The first-order valence-electron chi connectivity index (χ1n) is 6.40. The van der Waals surface area contributed by atoms with Crippen LogP contribution >= 0.6 is 0 Å². The summed E-state index contributed by atoms with van der Waals surface area (Å²) >= 11 is 0. The molecule has 0 radical (unpaired) electrons. The maximum Gasteiger partial charge on any atom is 0.228 e. The van der Waals surface area contributed by atoms with Gasteiger partial charge < -0.3 is 15.3 Å². The van der Waals surface area contributed by atoms with Crippen LogP contribution in [0.2, 0.25) is 0 Å². The van der Waals surface area contributed by atoms with Gasteiger partial charge in [-0.15, -0.1) is 0 Å². The Morgan fingerprint density at radius 2 is 1.85 bits per heavy atom. The van der Waals surface area contributed by atoms with Crippen LogP contribution in [0.5, 0.6) is 5.75 Å². The number of rotatable bonds is 4. The van der Waals surface area contributed by atoms with E-state index in [1.165, 1.54) is 0 Å². The summed E-state index contributed by atoms with van der Waals surface area (Å²) in [6, 6.07) is 14.3. The number of carbonyl (C=O) groups is 1. The second kappa shape index (κ2) is 6.10. The van der Waals surface area contributed by atoms with Crippen molar-refractivity contribution in [3.8, 4) is 5.75 Å². The molecule has 0 aliphatic heterocycles. The molecule has 0 fully saturated rings. The lowest BCUT2D eigenvalue weighted by Crippen LogP contribution is -2.15. The highest BCUT2D eigenvalue weighted by atomic mass is 16.3. The summed E-state index contributed by atoms with van der Waals surface area (Å²) in [5.74, 6) is 0.124. The Morgan fingerprint density at radius 3 is 2.50 bits per heavy atom. The Hall–Kier alpha value is -2.49. The maximum absolute atomic E-state index is 12.0. The van der Waals surface area contributed by atoms with Crippen LogP contribution in [0.4, 0.5) is 11.4 Å². The first-order chi connectivity index (χ1) is 9.54. The second-order valence-electron chi connectivity index (χ2n) is 4.84. The summed E-state index contributed by atoms with van der Waals surface area (Å²) in [7, 11) is 3.91. The predicted octanol–water partition coefficient (Wildman–Crippen LogP) is 2.64. The van der Waals surface area contributed by atoms with E-state index in [2.05, 4.69) is 5.32 Å². The van der Waals surface area contributed by atoms with E-state index in [0.717, 1.165) is 16.9 Å². The molecule has 0 saturated heterocycles. The van der Waals surface area contributed by atoms with Gasteiger partial charge in [-0.25, -0.2) is 0 Å². The number of anilines is 2. The minimum absolute atomic E-state index is 0.0772. The topological polar surface area (TPSA) is 52.6 Å². The minimum atomic E-state index is -0.0772. The van der Waals surface area contributed by atoms with Crippen molar-refractivity contribution in [1.82, 2.24) is 0 Å². The summed E-state index contributed by atoms with van der Waals surface area (Å²) < 4.78 is 0. The van der Waals surface area contributed by atoms with E-state index >= 15 is 0 Å². The van der Waals surface area contributed by atoms with E-state index in [9.17, 15) is 9.90 Å². The summed E-state index contributed by atoms with van der Waals surface area (Å²) in [5, 5.41) is 12.1. The van der Waals surface area contributed by atoms with Gasteiger partial charge >= 0.3 is 0 Å². The molecule has 0 heterocycles. The van der Waals surface area contributed by atoms with Crippen molar-refractivity contribution in [3.05, 3.63) is 54.1 Å². The fraction of sp³-hybridized carbons (Fsp3) is 0.188. The third-order valence-electron chi connectivity index (χ3n) is 2.95. The zero-order chi connectivity index (χ0) is 14.5. The Kier molecular flexibility index (Phi) is 4.25. The van der Waals surface area contributed by atoms with Crippen LogP contribution in [-0.4, -0.2) is 25.1 Å². The molecule has 2 aromatic carbocycles. The van der Waals surface area contributed by atoms with Crippen molar-refractivity contribution in [2.45, 2.75) is 6.42 Å². The molecule has 4 heteroatoms. The van der Waals surface area contributed by atoms with Gasteiger partial charge in [0.2, 0.25) is 5.91 Å². The molecule has 1 amide bonds. The number of amides is 1. The second-order valence-corrected chi connectivity index (χ2v) is 4.84. The quantitative estimate of drug-likeness (QED) is 0.898. The molecule has 4 nitrogen and oxygen atoms in total. The molecule has 20 heavy (non-hydrogen) atoms. The van der Waals surface area contributed by atoms with Crippen LogP contribution < -0.4 is 10.2 Å². The summed E-state index contributed by atoms with van der Waals surface area (Å²) in [4.78, 5) is 13.9. The Morgan fingerprint density at radius 1 is 1.15 bits per heavy atom. The molecule has 0 spiro atoms. The number of nitrogens with one attached hydrogen (secondary N) is 1. The van der Waals surface area contributed by atoms with Crippen molar-refractivity contribution in [2.75, 3.05) is 24.3 Å². The predicted molar refractivity (Wildman–Crippen MR) is 81.2 cm³/mol. The third kappa shape index (κ3) is 3.75. The van der Waals surface area contributed by atoms with Crippen LogP contribution in [0.3, 0.4) is 0 Å². The summed E-state index contributed by atoms with van der Waals surface area (Å²) in [6.07, 6.45) is 0.284. The number of carbonyl (C=O) groups excluding carboxylic acids is 1. The lowest BCUT2D eigenvalue weighted by molar-refractivity contribution is -0.115. The molecule has 2 aromatic rings. The molecule has 0 unspecified atom stereocenters. The highest BCUT2D eigenvalue weighted by Crippen LogP contribution is 2.17. The molecular formula is C16H18N2O2. The first-order valence-corrected chi connectivity index (χ1v) is 6.40. The average Bonchev–Trinajstić information content (AvgIpc) is 2.41. The van der Waals surface area contributed by atoms with Gasteiger partial charge in [0.15, 0.2) is 0 Å². The Labute approximate surface area is 118 Å². The number of aromatic hydroxyl groups is 1. The van der Waals surface area contributed by atoms with Gasteiger partial charge in [0.1, 0.15) is 5.75 Å². The number of benzene rings is 2. The standard InChI is InChI=1S/C16H18N2O2/c1-18(2)14-5-3-4-13(11-14)17-16(20)10-12-6-8-15(19)9-7-12/h3-9,11,19H,10H2,1-2H3,(H,17,20). The van der Waals surface area contributed by atoms with E-state index in [1.54, 1.807) is 24.3 Å². The van der Waals surface area contributed by atoms with E-state index in [4.69, 9.17) is 0 Å². The molecule has 2 N–H and O–H groups in total. The van der Waals surface area contributed by atoms with Crippen LogP contribution in [0.1, 0.15) is 5.56 Å². The number of phenols is 1. The summed E-state index contributed by atoms with van der Waals surface area (Å²) in [5.41, 5.74) is 2.68. The van der Waals surface area contributed by atoms with Crippen LogP contribution in [0.15, 0.2) is 48.5 Å². The monoisotopic (exact) mass is 270 g/mol. The third-order valence-corrected chi connectivity index (χ3v) is 2.95. The van der Waals surface area contributed by atoms with Gasteiger partial charge in [-0.2, -0.15) is 0 Å². The van der Waals surface area contributed by atoms with E-state index in [1.807, 2.05) is 43.3 Å². The van der Waals surface area contributed by atoms with Gasteiger partial charge in [0.05, 0.1) is 6.42 Å². The van der Waals surface area contributed by atoms with Crippen molar-refractivity contribution in [3.63, 3.8) is 0 Å². The SMILES string of the molecule is CN(C)c1cccc(NC(=O)Cc2ccc(O)cc2)c1. The van der Waals surface area contributed by atoms with Crippen LogP contribution in [-0.2, 0) is 11.2 Å². The molecule has 2 rings (SSSR count). The largest absolute Gasteiger partial charge is 0.508 e. The van der Waals surface area contributed by atoms with Gasteiger partial charge in [-0.1, -0.05) is 18.2 Å². The minimum Gasteiger partial charge on any atom is -0.508 e. The normalized spacial score (nSPS) is 10.1. The number of phenolic OH excluding ortho intramolecular Hbond substituents is 1. The van der Waals surface area contributed by atoms with Crippen LogP contribution in [0, 0.1) is 0 Å². The zero-order valence-corrected chi connectivity index (χ0v) is 11.6. The van der Waals surface area contributed by atoms with Gasteiger partial charge in [-0.05, 0) is 35.9 Å². The molecule has 0 bridgehead atoms.